The fourth-order valence-electron chi connectivity index (χ4n) is 2.87. The number of carbonyl (C=O) groups is 1. The third-order valence-corrected chi connectivity index (χ3v) is 4.33. The summed E-state index contributed by atoms with van der Waals surface area (Å²) in [5.41, 5.74) is 0.188. The summed E-state index contributed by atoms with van der Waals surface area (Å²) >= 11 is 0. The van der Waals surface area contributed by atoms with Gasteiger partial charge < -0.3 is 9.47 Å². The Labute approximate surface area is 145 Å². The van der Waals surface area contributed by atoms with E-state index in [-0.39, 0.29) is 11.7 Å². The first-order valence-corrected chi connectivity index (χ1v) is 7.82. The van der Waals surface area contributed by atoms with E-state index in [2.05, 4.69) is 11.6 Å². The quantitative estimate of drug-likeness (QED) is 0.777. The van der Waals surface area contributed by atoms with Gasteiger partial charge in [0, 0.05) is 5.56 Å². The molecular formula is C20H18FNO3. The summed E-state index contributed by atoms with van der Waals surface area (Å²) in [4.78, 5) is 16.7. The lowest BCUT2D eigenvalue weighted by Crippen LogP contribution is -2.39. The van der Waals surface area contributed by atoms with Gasteiger partial charge in [-0.3, -0.25) is 4.79 Å². The maximum absolute atomic E-state index is 13.2. The number of halogens is 1. The molecule has 25 heavy (non-hydrogen) atoms. The van der Waals surface area contributed by atoms with Gasteiger partial charge >= 0.3 is 0 Å². The summed E-state index contributed by atoms with van der Waals surface area (Å²) in [6.45, 7) is 5.48. The molecule has 0 saturated carbocycles. The summed E-state index contributed by atoms with van der Waals surface area (Å²) in [7, 11) is 1.58. The van der Waals surface area contributed by atoms with Crippen molar-refractivity contribution >= 4 is 11.8 Å². The van der Waals surface area contributed by atoms with E-state index in [1.165, 1.54) is 12.1 Å². The van der Waals surface area contributed by atoms with Crippen LogP contribution in [-0.4, -0.2) is 24.5 Å². The van der Waals surface area contributed by atoms with E-state index in [0.29, 0.717) is 11.3 Å². The van der Waals surface area contributed by atoms with Crippen LogP contribution in [0, 0.1) is 5.82 Å². The van der Waals surface area contributed by atoms with Crippen LogP contribution < -0.4 is 4.74 Å². The smallest absolute Gasteiger partial charge is 0.293 e. The van der Waals surface area contributed by atoms with Crippen LogP contribution in [0.15, 0.2) is 66.2 Å². The first-order valence-electron chi connectivity index (χ1n) is 7.82. The van der Waals surface area contributed by atoms with Gasteiger partial charge in [0.1, 0.15) is 11.6 Å². The highest BCUT2D eigenvalue weighted by atomic mass is 19.1. The lowest BCUT2D eigenvalue weighted by Gasteiger charge is -2.29. The number of hydrogen-bond acceptors (Lipinski definition) is 3. The standard InChI is InChI=1S/C20H18FNO3/c1-4-17(13-5-9-15(21)10-6-13)20(2)19(23)22-18(25-20)14-7-11-16(24-3)12-8-14/h4-12,17H,1H2,2-3H3/t17-,20-/m1/s1. The van der Waals surface area contributed by atoms with Crippen LogP contribution in [-0.2, 0) is 9.53 Å². The minimum atomic E-state index is -1.23. The fraction of sp³-hybridized carbons (Fsp3) is 0.200. The highest BCUT2D eigenvalue weighted by Gasteiger charge is 2.48. The van der Waals surface area contributed by atoms with Gasteiger partial charge in [0.05, 0.1) is 13.0 Å². The molecule has 0 fully saturated rings. The molecule has 0 N–H and O–H groups in total. The van der Waals surface area contributed by atoms with Gasteiger partial charge in [0.2, 0.25) is 5.90 Å². The zero-order valence-corrected chi connectivity index (χ0v) is 14.0. The molecule has 0 spiro atoms. The SMILES string of the molecule is C=C[C@H](c1ccc(F)cc1)[C@@]1(C)OC(c2ccc(OC)cc2)=NC1=O. The monoisotopic (exact) mass is 339 g/mol. The number of hydrogen-bond donors (Lipinski definition) is 0. The van der Waals surface area contributed by atoms with Crippen molar-refractivity contribution in [3.63, 3.8) is 0 Å². The van der Waals surface area contributed by atoms with Gasteiger partial charge in [0.25, 0.3) is 5.91 Å². The molecule has 1 aliphatic rings. The van der Waals surface area contributed by atoms with Crippen LogP contribution in [0.2, 0.25) is 0 Å². The summed E-state index contributed by atoms with van der Waals surface area (Å²) in [6, 6.07) is 13.0. The lowest BCUT2D eigenvalue weighted by molar-refractivity contribution is -0.130. The normalized spacial score (nSPS) is 20.6. The number of benzene rings is 2. The summed E-state index contributed by atoms with van der Waals surface area (Å²) < 4.78 is 24.3. The number of aliphatic imine (C=N–C) groups is 1. The Bertz CT molecular complexity index is 827. The van der Waals surface area contributed by atoms with Crippen LogP contribution in [0.3, 0.4) is 0 Å². The summed E-state index contributed by atoms with van der Waals surface area (Å²) in [5.74, 6) is -0.242. The van der Waals surface area contributed by atoms with Gasteiger partial charge in [-0.2, -0.15) is 4.99 Å². The van der Waals surface area contributed by atoms with Gasteiger partial charge in [-0.15, -0.1) is 6.58 Å². The second-order valence-corrected chi connectivity index (χ2v) is 5.92. The third kappa shape index (κ3) is 3.05. The molecular weight excluding hydrogens is 321 g/mol. The predicted octanol–water partition coefficient (Wildman–Crippen LogP) is 3.87. The van der Waals surface area contributed by atoms with E-state index in [0.717, 1.165) is 5.56 Å². The maximum atomic E-state index is 13.2. The number of nitrogens with zero attached hydrogens (tertiary/aromatic N) is 1. The topological polar surface area (TPSA) is 47.9 Å². The number of rotatable bonds is 5. The predicted molar refractivity (Wildman–Crippen MR) is 93.4 cm³/mol. The Morgan fingerprint density at radius 1 is 1.20 bits per heavy atom. The van der Waals surface area contributed by atoms with E-state index in [1.807, 2.05) is 0 Å². The minimum absolute atomic E-state index is 0.254. The number of carbonyl (C=O) groups excluding carboxylic acids is 1. The highest BCUT2D eigenvalue weighted by Crippen LogP contribution is 2.38. The van der Waals surface area contributed by atoms with Gasteiger partial charge in [-0.25, -0.2) is 4.39 Å². The first-order chi connectivity index (χ1) is 12.0. The molecule has 4 nitrogen and oxygen atoms in total. The summed E-state index contributed by atoms with van der Waals surface area (Å²) in [6.07, 6.45) is 1.62. The number of ether oxygens (including phenoxy) is 2. The highest BCUT2D eigenvalue weighted by molar-refractivity contribution is 6.09. The van der Waals surface area contributed by atoms with Crippen LogP contribution in [0.4, 0.5) is 4.39 Å². The molecule has 2 atom stereocenters. The molecule has 128 valence electrons. The van der Waals surface area contributed by atoms with E-state index < -0.39 is 17.4 Å². The second kappa shape index (κ2) is 6.51. The van der Waals surface area contributed by atoms with Crippen molar-refractivity contribution in [2.45, 2.75) is 18.4 Å². The molecule has 0 aliphatic carbocycles. The molecule has 1 aliphatic heterocycles. The Morgan fingerprint density at radius 2 is 1.84 bits per heavy atom. The molecule has 0 bridgehead atoms. The zero-order valence-electron chi connectivity index (χ0n) is 14.0. The zero-order chi connectivity index (χ0) is 18.0. The molecule has 2 aromatic rings. The molecule has 2 aromatic carbocycles. The number of methoxy groups -OCH3 is 1. The fourth-order valence-corrected chi connectivity index (χ4v) is 2.87. The molecule has 1 heterocycles. The van der Waals surface area contributed by atoms with Gasteiger partial charge in [0.15, 0.2) is 5.60 Å². The van der Waals surface area contributed by atoms with Crippen molar-refractivity contribution in [1.82, 2.24) is 0 Å². The molecule has 0 saturated heterocycles. The lowest BCUT2D eigenvalue weighted by atomic mass is 9.83. The van der Waals surface area contributed by atoms with Crippen molar-refractivity contribution in [3.05, 3.63) is 78.1 Å². The Kier molecular flexibility index (Phi) is 4.40. The largest absolute Gasteiger partial charge is 0.497 e. The van der Waals surface area contributed by atoms with Crippen LogP contribution >= 0.6 is 0 Å². The molecule has 0 unspecified atom stereocenters. The van der Waals surface area contributed by atoms with Crippen LogP contribution in [0.25, 0.3) is 0 Å². The average molecular weight is 339 g/mol. The van der Waals surface area contributed by atoms with Crippen molar-refractivity contribution in [3.8, 4) is 5.75 Å². The van der Waals surface area contributed by atoms with E-state index in [1.54, 1.807) is 56.5 Å². The summed E-state index contributed by atoms with van der Waals surface area (Å²) in [5, 5.41) is 0. The Balaban J connectivity index is 1.90. The van der Waals surface area contributed by atoms with Crippen molar-refractivity contribution in [2.24, 2.45) is 4.99 Å². The second-order valence-electron chi connectivity index (χ2n) is 5.92. The third-order valence-electron chi connectivity index (χ3n) is 4.33. The number of amides is 1. The van der Waals surface area contributed by atoms with E-state index in [9.17, 15) is 9.18 Å². The molecule has 5 heteroatoms. The van der Waals surface area contributed by atoms with Gasteiger partial charge in [-0.1, -0.05) is 18.2 Å². The minimum Gasteiger partial charge on any atom is -0.497 e. The van der Waals surface area contributed by atoms with Crippen LogP contribution in [0.5, 0.6) is 5.75 Å². The maximum Gasteiger partial charge on any atom is 0.293 e. The van der Waals surface area contributed by atoms with Gasteiger partial charge in [-0.05, 0) is 48.9 Å². The first kappa shape index (κ1) is 16.9. The van der Waals surface area contributed by atoms with Crippen LogP contribution in [0.1, 0.15) is 24.0 Å². The van der Waals surface area contributed by atoms with E-state index in [4.69, 9.17) is 9.47 Å². The molecule has 0 radical (unpaired) electrons. The van der Waals surface area contributed by atoms with Crippen molar-refractivity contribution in [2.75, 3.05) is 7.11 Å². The average Bonchev–Trinajstić information content (AvgIpc) is 2.93. The Morgan fingerprint density at radius 3 is 2.40 bits per heavy atom. The molecule has 3 rings (SSSR count). The molecule has 0 aromatic heterocycles. The van der Waals surface area contributed by atoms with E-state index >= 15 is 0 Å². The molecule has 1 amide bonds. The Hall–Kier alpha value is -2.95. The van der Waals surface area contributed by atoms with Crippen molar-refractivity contribution in [1.29, 1.82) is 0 Å². The van der Waals surface area contributed by atoms with Crippen molar-refractivity contribution < 1.29 is 18.7 Å².